The minimum absolute atomic E-state index is 0.104. The van der Waals surface area contributed by atoms with Crippen LogP contribution in [-0.4, -0.2) is 22.4 Å². The minimum Gasteiger partial charge on any atom is -0.420 e. The molecule has 0 aliphatic carbocycles. The van der Waals surface area contributed by atoms with Gasteiger partial charge in [-0.05, 0) is 31.4 Å². The number of carbonyl (C=O) groups is 3. The maximum atomic E-state index is 13.1. The summed E-state index contributed by atoms with van der Waals surface area (Å²) in [5, 5.41) is 0. The first-order valence-corrected chi connectivity index (χ1v) is 8.42. The molecular formula is C19H16N2O5. The molecule has 2 aliphatic rings. The molecule has 26 heavy (non-hydrogen) atoms. The number of hydrogen-bond donors (Lipinski definition) is 0. The van der Waals surface area contributed by atoms with Gasteiger partial charge in [0.25, 0.3) is 17.4 Å². The van der Waals surface area contributed by atoms with Crippen LogP contribution in [0.25, 0.3) is 0 Å². The van der Waals surface area contributed by atoms with E-state index in [1.165, 1.54) is 4.57 Å². The highest BCUT2D eigenvalue weighted by Crippen LogP contribution is 2.35. The summed E-state index contributed by atoms with van der Waals surface area (Å²) in [5.41, 5.74) is 0.490. The van der Waals surface area contributed by atoms with E-state index in [1.807, 2.05) is 0 Å². The van der Waals surface area contributed by atoms with Gasteiger partial charge in [0.2, 0.25) is 5.75 Å². The molecule has 0 fully saturated rings. The van der Waals surface area contributed by atoms with Gasteiger partial charge in [-0.1, -0.05) is 18.2 Å². The molecule has 132 valence electrons. The molecule has 2 aromatic rings. The Hall–Kier alpha value is -3.22. The predicted octanol–water partition coefficient (Wildman–Crippen LogP) is 1.91. The van der Waals surface area contributed by atoms with E-state index < -0.39 is 23.3 Å². The van der Waals surface area contributed by atoms with E-state index in [-0.39, 0.29) is 16.9 Å². The van der Waals surface area contributed by atoms with Crippen molar-refractivity contribution in [1.82, 2.24) is 4.57 Å². The summed E-state index contributed by atoms with van der Waals surface area (Å²) in [6.07, 6.45) is 2.14. The maximum Gasteiger partial charge on any atom is 0.308 e. The lowest BCUT2D eigenvalue weighted by Crippen LogP contribution is -2.31. The third kappa shape index (κ3) is 2.28. The number of para-hydroxylation sites is 1. The number of esters is 1. The lowest BCUT2D eigenvalue weighted by Gasteiger charge is -2.21. The van der Waals surface area contributed by atoms with Gasteiger partial charge in [-0.25, -0.2) is 4.90 Å². The first-order chi connectivity index (χ1) is 12.5. The van der Waals surface area contributed by atoms with E-state index in [2.05, 4.69) is 0 Å². The molecule has 0 radical (unpaired) electrons. The van der Waals surface area contributed by atoms with Crippen molar-refractivity contribution in [3.8, 4) is 5.75 Å². The van der Waals surface area contributed by atoms with Crippen LogP contribution in [0.3, 0.4) is 0 Å². The Labute approximate surface area is 148 Å². The van der Waals surface area contributed by atoms with E-state index in [0.29, 0.717) is 24.3 Å². The van der Waals surface area contributed by atoms with Crippen LogP contribution < -0.4 is 15.2 Å². The quantitative estimate of drug-likeness (QED) is 0.609. The van der Waals surface area contributed by atoms with Gasteiger partial charge >= 0.3 is 5.97 Å². The Morgan fingerprint density at radius 2 is 1.69 bits per heavy atom. The van der Waals surface area contributed by atoms with Crippen LogP contribution in [0.1, 0.15) is 46.2 Å². The first kappa shape index (κ1) is 16.3. The topological polar surface area (TPSA) is 85.7 Å². The molecule has 0 bridgehead atoms. The van der Waals surface area contributed by atoms with E-state index in [4.69, 9.17) is 4.74 Å². The fraction of sp³-hybridized carbons (Fsp3) is 0.263. The Morgan fingerprint density at radius 1 is 1.00 bits per heavy atom. The van der Waals surface area contributed by atoms with Crippen LogP contribution in [-0.2, 0) is 17.8 Å². The van der Waals surface area contributed by atoms with E-state index in [9.17, 15) is 19.2 Å². The molecule has 3 heterocycles. The van der Waals surface area contributed by atoms with Crippen molar-refractivity contribution >= 4 is 23.5 Å². The van der Waals surface area contributed by atoms with Crippen molar-refractivity contribution in [3.63, 3.8) is 0 Å². The van der Waals surface area contributed by atoms with Gasteiger partial charge in [0.1, 0.15) is 5.56 Å². The number of benzene rings is 1. The summed E-state index contributed by atoms with van der Waals surface area (Å²) < 4.78 is 6.54. The van der Waals surface area contributed by atoms with Gasteiger partial charge < -0.3 is 9.30 Å². The second kappa shape index (κ2) is 5.94. The average Bonchev–Trinajstić information content (AvgIpc) is 2.90. The fourth-order valence-corrected chi connectivity index (χ4v) is 3.60. The number of hydrogen-bond acceptors (Lipinski definition) is 5. The normalized spacial score (nSPS) is 15.7. The minimum atomic E-state index is -0.709. The maximum absolute atomic E-state index is 13.1. The Bertz CT molecular complexity index is 1010. The highest BCUT2D eigenvalue weighted by molar-refractivity contribution is 6.35. The molecule has 0 spiro atoms. The number of fused-ring (bicyclic) bond motifs is 3. The summed E-state index contributed by atoms with van der Waals surface area (Å²) in [4.78, 5) is 51.4. The zero-order chi connectivity index (χ0) is 18.4. The van der Waals surface area contributed by atoms with Crippen LogP contribution in [0.4, 0.5) is 5.69 Å². The van der Waals surface area contributed by atoms with Crippen molar-refractivity contribution in [2.24, 2.45) is 0 Å². The number of anilines is 1. The summed E-state index contributed by atoms with van der Waals surface area (Å²) in [5.74, 6) is -2.19. The van der Waals surface area contributed by atoms with Crippen LogP contribution >= 0.6 is 0 Å². The van der Waals surface area contributed by atoms with Crippen molar-refractivity contribution < 1.29 is 19.1 Å². The highest BCUT2D eigenvalue weighted by atomic mass is 16.5. The largest absolute Gasteiger partial charge is 0.420 e. The molecule has 4 rings (SSSR count). The molecule has 7 nitrogen and oxygen atoms in total. The van der Waals surface area contributed by atoms with Gasteiger partial charge in [0.15, 0.2) is 0 Å². The smallest absolute Gasteiger partial charge is 0.308 e. The molecule has 0 unspecified atom stereocenters. The fourth-order valence-electron chi connectivity index (χ4n) is 3.60. The molecule has 1 aromatic heterocycles. The molecule has 0 N–H and O–H groups in total. The molecule has 2 aliphatic heterocycles. The van der Waals surface area contributed by atoms with Crippen molar-refractivity contribution in [1.29, 1.82) is 0 Å². The lowest BCUT2D eigenvalue weighted by atomic mass is 9.99. The van der Waals surface area contributed by atoms with Crippen molar-refractivity contribution in [2.45, 2.75) is 32.7 Å². The van der Waals surface area contributed by atoms with Crippen molar-refractivity contribution in [2.75, 3.05) is 4.90 Å². The van der Waals surface area contributed by atoms with Gasteiger partial charge in [-0.15, -0.1) is 0 Å². The Morgan fingerprint density at radius 3 is 2.38 bits per heavy atom. The number of ether oxygens (including phenoxy) is 1. The third-order valence-electron chi connectivity index (χ3n) is 4.67. The summed E-state index contributed by atoms with van der Waals surface area (Å²) in [6.45, 7) is 1.59. The van der Waals surface area contributed by atoms with Gasteiger partial charge in [-0.2, -0.15) is 0 Å². The van der Waals surface area contributed by atoms with Gasteiger partial charge in [0.05, 0.1) is 11.3 Å². The summed E-state index contributed by atoms with van der Waals surface area (Å²) >= 11 is 0. The van der Waals surface area contributed by atoms with Crippen molar-refractivity contribution in [3.05, 3.63) is 57.5 Å². The van der Waals surface area contributed by atoms with Crippen LogP contribution in [0, 0.1) is 0 Å². The van der Waals surface area contributed by atoms with Gasteiger partial charge in [0, 0.05) is 19.2 Å². The molecular weight excluding hydrogens is 336 g/mol. The lowest BCUT2D eigenvalue weighted by molar-refractivity contribution is -0.132. The van der Waals surface area contributed by atoms with Gasteiger partial charge in [-0.3, -0.25) is 19.2 Å². The number of amides is 2. The SMILES string of the molecule is CC(=O)Oc1c2c(c3n(c1=O)CCCC3)C(=O)N(c1ccccc1)C2=O. The van der Waals surface area contributed by atoms with E-state index in [1.54, 1.807) is 30.3 Å². The zero-order valence-corrected chi connectivity index (χ0v) is 14.2. The number of nitrogens with zero attached hydrogens (tertiary/aromatic N) is 2. The molecule has 7 heteroatoms. The van der Waals surface area contributed by atoms with E-state index in [0.717, 1.165) is 24.7 Å². The number of rotatable bonds is 2. The van der Waals surface area contributed by atoms with Crippen LogP contribution in [0.2, 0.25) is 0 Å². The standard InChI is InChI=1S/C19H16N2O5/c1-11(22)26-16-15-14(13-9-5-6-10-20(13)19(16)25)17(23)21(18(15)24)12-7-3-2-4-8-12/h2-4,7-8H,5-6,9-10H2,1H3. The summed E-state index contributed by atoms with van der Waals surface area (Å²) in [6, 6.07) is 8.50. The van der Waals surface area contributed by atoms with Crippen LogP contribution in [0.15, 0.2) is 35.1 Å². The molecule has 0 atom stereocenters. The third-order valence-corrected chi connectivity index (χ3v) is 4.67. The molecule has 0 saturated carbocycles. The second-order valence-electron chi connectivity index (χ2n) is 6.31. The van der Waals surface area contributed by atoms with E-state index >= 15 is 0 Å². The average molecular weight is 352 g/mol. The highest BCUT2D eigenvalue weighted by Gasteiger charge is 2.44. The monoisotopic (exact) mass is 352 g/mol. The first-order valence-electron chi connectivity index (χ1n) is 8.42. The Balaban J connectivity index is 2.00. The molecule has 2 amide bonds. The number of carbonyl (C=O) groups excluding carboxylic acids is 3. The zero-order valence-electron chi connectivity index (χ0n) is 14.2. The predicted molar refractivity (Wildman–Crippen MR) is 92.5 cm³/mol. The molecule has 1 aromatic carbocycles. The molecule has 0 saturated heterocycles. The van der Waals surface area contributed by atoms with Crippen LogP contribution in [0.5, 0.6) is 5.75 Å². The number of imide groups is 1. The summed E-state index contributed by atoms with van der Waals surface area (Å²) in [7, 11) is 0. The second-order valence-corrected chi connectivity index (χ2v) is 6.31. The number of pyridine rings is 1. The number of aromatic nitrogens is 1. The Kier molecular flexibility index (Phi) is 3.72.